The van der Waals surface area contributed by atoms with E-state index in [-0.39, 0.29) is 0 Å². The maximum atomic E-state index is 4.60. The normalized spacial score (nSPS) is 22.1. The average Bonchev–Trinajstić information content (AvgIpc) is 2.79. The monoisotopic (exact) mass is 306 g/mol. The Bertz CT molecular complexity index is 604. The summed E-state index contributed by atoms with van der Waals surface area (Å²) in [7, 11) is 0. The summed E-state index contributed by atoms with van der Waals surface area (Å²) in [5.41, 5.74) is 2.85. The van der Waals surface area contributed by atoms with Gasteiger partial charge in [0.1, 0.15) is 0 Å². The molecule has 0 aliphatic heterocycles. The summed E-state index contributed by atoms with van der Waals surface area (Å²) < 4.78 is 2.44. The van der Waals surface area contributed by atoms with Crippen molar-refractivity contribution in [2.75, 3.05) is 11.6 Å². The lowest BCUT2D eigenvalue weighted by Gasteiger charge is -2.36. The molecule has 1 aromatic heterocycles. The molecule has 3 rings (SSSR count). The first kappa shape index (κ1) is 14.2. The van der Waals surface area contributed by atoms with Crippen molar-refractivity contribution in [3.05, 3.63) is 18.2 Å². The number of thiazole rings is 1. The van der Waals surface area contributed by atoms with Crippen LogP contribution in [0.2, 0.25) is 0 Å². The molecule has 1 aliphatic rings. The van der Waals surface area contributed by atoms with E-state index in [1.165, 1.54) is 36.1 Å². The molecule has 4 heteroatoms. The highest BCUT2D eigenvalue weighted by molar-refractivity contribution is 8.00. The third kappa shape index (κ3) is 3.12. The molecule has 1 N–H and O–H groups in total. The van der Waals surface area contributed by atoms with E-state index >= 15 is 0 Å². The minimum absolute atomic E-state index is 0.483. The number of thioether (sulfide) groups is 1. The zero-order valence-electron chi connectivity index (χ0n) is 12.4. The van der Waals surface area contributed by atoms with Crippen LogP contribution >= 0.6 is 23.1 Å². The molecule has 0 saturated heterocycles. The number of nitrogens with one attached hydrogen (secondary N) is 1. The van der Waals surface area contributed by atoms with E-state index in [9.17, 15) is 0 Å². The molecule has 20 heavy (non-hydrogen) atoms. The summed E-state index contributed by atoms with van der Waals surface area (Å²) in [6.45, 7) is 4.77. The van der Waals surface area contributed by atoms with Gasteiger partial charge in [0.25, 0.3) is 0 Å². The topological polar surface area (TPSA) is 24.9 Å². The summed E-state index contributed by atoms with van der Waals surface area (Å²) in [6, 6.07) is 7.19. The highest BCUT2D eigenvalue weighted by Gasteiger charge is 2.27. The van der Waals surface area contributed by atoms with Crippen LogP contribution in [0.4, 0.5) is 5.69 Å². The molecule has 1 atom stereocenters. The Hall–Kier alpha value is -0.740. The van der Waals surface area contributed by atoms with Crippen LogP contribution in [0, 0.1) is 5.41 Å². The van der Waals surface area contributed by atoms with Gasteiger partial charge in [0.05, 0.1) is 10.2 Å². The number of fused-ring (bicyclic) bond motifs is 1. The fraction of sp³-hybridized carbons (Fsp3) is 0.562. The van der Waals surface area contributed by atoms with Gasteiger partial charge >= 0.3 is 0 Å². The predicted molar refractivity (Wildman–Crippen MR) is 91.1 cm³/mol. The highest BCUT2D eigenvalue weighted by atomic mass is 32.2. The first-order valence-electron chi connectivity index (χ1n) is 7.27. The molecule has 108 valence electrons. The van der Waals surface area contributed by atoms with Crippen molar-refractivity contribution in [3.63, 3.8) is 0 Å². The minimum atomic E-state index is 0.483. The number of anilines is 1. The minimum Gasteiger partial charge on any atom is -0.382 e. The Balaban J connectivity index is 1.77. The maximum absolute atomic E-state index is 4.60. The molecular weight excluding hydrogens is 284 g/mol. The van der Waals surface area contributed by atoms with E-state index in [4.69, 9.17) is 0 Å². The molecule has 0 radical (unpaired) electrons. The molecule has 0 bridgehead atoms. The van der Waals surface area contributed by atoms with Crippen LogP contribution in [0.1, 0.15) is 39.5 Å². The Morgan fingerprint density at radius 1 is 1.40 bits per heavy atom. The molecule has 0 amide bonds. The second-order valence-electron chi connectivity index (χ2n) is 6.47. The van der Waals surface area contributed by atoms with Crippen LogP contribution < -0.4 is 5.32 Å². The molecular formula is C16H22N2S2. The van der Waals surface area contributed by atoms with Crippen molar-refractivity contribution in [3.8, 4) is 0 Å². The van der Waals surface area contributed by atoms with Crippen molar-refractivity contribution < 1.29 is 0 Å². The molecule has 1 heterocycles. The third-order valence-corrected chi connectivity index (χ3v) is 6.12. The number of aromatic nitrogens is 1. The van der Waals surface area contributed by atoms with Crippen LogP contribution in [0.5, 0.6) is 0 Å². The van der Waals surface area contributed by atoms with E-state index < -0.39 is 0 Å². The quantitative estimate of drug-likeness (QED) is 0.769. The van der Waals surface area contributed by atoms with E-state index in [1.807, 2.05) is 0 Å². The first-order chi connectivity index (χ1) is 9.55. The van der Waals surface area contributed by atoms with Gasteiger partial charge in [0.2, 0.25) is 0 Å². The second-order valence-corrected chi connectivity index (χ2v) is 8.55. The fourth-order valence-corrected chi connectivity index (χ4v) is 4.67. The Labute approximate surface area is 129 Å². The lowest BCUT2D eigenvalue weighted by Crippen LogP contribution is -2.31. The van der Waals surface area contributed by atoms with Crippen LogP contribution in [0.25, 0.3) is 10.2 Å². The number of hydrogen-bond acceptors (Lipinski definition) is 4. The van der Waals surface area contributed by atoms with Gasteiger partial charge in [-0.05, 0) is 49.1 Å². The van der Waals surface area contributed by atoms with Crippen molar-refractivity contribution in [1.82, 2.24) is 4.98 Å². The van der Waals surface area contributed by atoms with Gasteiger partial charge in [0, 0.05) is 11.7 Å². The Morgan fingerprint density at radius 2 is 2.25 bits per heavy atom. The van der Waals surface area contributed by atoms with Gasteiger partial charge < -0.3 is 5.32 Å². The largest absolute Gasteiger partial charge is 0.382 e. The zero-order valence-corrected chi connectivity index (χ0v) is 14.0. The molecule has 1 saturated carbocycles. The van der Waals surface area contributed by atoms with Crippen molar-refractivity contribution in [1.29, 1.82) is 0 Å². The smallest absolute Gasteiger partial charge is 0.150 e. The lowest BCUT2D eigenvalue weighted by atomic mass is 9.75. The van der Waals surface area contributed by atoms with Crippen LogP contribution in [-0.4, -0.2) is 17.3 Å². The SMILES string of the molecule is CSc1nc2ccc(NC3CCCC(C)(C)C3)cc2s1. The summed E-state index contributed by atoms with van der Waals surface area (Å²) in [4.78, 5) is 4.60. The summed E-state index contributed by atoms with van der Waals surface area (Å²) in [5.74, 6) is 0. The summed E-state index contributed by atoms with van der Waals surface area (Å²) >= 11 is 3.51. The first-order valence-corrected chi connectivity index (χ1v) is 9.31. The Morgan fingerprint density at radius 3 is 3.00 bits per heavy atom. The predicted octanol–water partition coefficient (Wildman–Crippen LogP) is 5.40. The summed E-state index contributed by atoms with van der Waals surface area (Å²) in [6.07, 6.45) is 7.34. The number of nitrogens with zero attached hydrogens (tertiary/aromatic N) is 1. The fourth-order valence-electron chi connectivity index (χ4n) is 3.14. The van der Waals surface area contributed by atoms with Crippen LogP contribution in [-0.2, 0) is 0 Å². The van der Waals surface area contributed by atoms with E-state index in [1.54, 1.807) is 23.1 Å². The molecule has 1 unspecified atom stereocenters. The number of rotatable bonds is 3. The molecule has 0 spiro atoms. The van der Waals surface area contributed by atoms with Gasteiger partial charge in [-0.2, -0.15) is 0 Å². The average molecular weight is 306 g/mol. The van der Waals surface area contributed by atoms with Gasteiger partial charge in [0.15, 0.2) is 4.34 Å². The van der Waals surface area contributed by atoms with E-state index in [0.717, 1.165) is 9.86 Å². The van der Waals surface area contributed by atoms with E-state index in [0.29, 0.717) is 11.5 Å². The van der Waals surface area contributed by atoms with Crippen molar-refractivity contribution in [2.45, 2.75) is 49.9 Å². The van der Waals surface area contributed by atoms with Crippen molar-refractivity contribution in [2.24, 2.45) is 5.41 Å². The van der Waals surface area contributed by atoms with Crippen LogP contribution in [0.3, 0.4) is 0 Å². The maximum Gasteiger partial charge on any atom is 0.150 e. The van der Waals surface area contributed by atoms with Gasteiger partial charge in [-0.3, -0.25) is 0 Å². The molecule has 2 aromatic rings. The molecule has 1 aliphatic carbocycles. The zero-order chi connectivity index (χ0) is 14.2. The van der Waals surface area contributed by atoms with Crippen molar-refractivity contribution >= 4 is 39.0 Å². The lowest BCUT2D eigenvalue weighted by molar-refractivity contribution is 0.229. The van der Waals surface area contributed by atoms with Gasteiger partial charge in [-0.25, -0.2) is 4.98 Å². The third-order valence-electron chi connectivity index (χ3n) is 4.12. The molecule has 1 fully saturated rings. The van der Waals surface area contributed by atoms with Gasteiger partial charge in [-0.1, -0.05) is 32.0 Å². The summed E-state index contributed by atoms with van der Waals surface area (Å²) in [5, 5.41) is 3.73. The van der Waals surface area contributed by atoms with Gasteiger partial charge in [-0.15, -0.1) is 11.3 Å². The number of hydrogen-bond donors (Lipinski definition) is 1. The highest BCUT2D eigenvalue weighted by Crippen LogP contribution is 2.37. The molecule has 1 aromatic carbocycles. The standard InChI is InChI=1S/C16H22N2S2/c1-16(2)8-4-5-12(10-16)17-11-6-7-13-14(9-11)20-15(18-13)19-3/h6-7,9,12,17H,4-5,8,10H2,1-3H3. The van der Waals surface area contributed by atoms with E-state index in [2.05, 4.69) is 48.6 Å². The Kier molecular flexibility index (Phi) is 3.95. The second kappa shape index (κ2) is 5.57. The van der Waals surface area contributed by atoms with Crippen LogP contribution in [0.15, 0.2) is 22.5 Å². The number of benzene rings is 1. The molecule has 2 nitrogen and oxygen atoms in total.